The molecule has 0 aromatic heterocycles. The van der Waals surface area contributed by atoms with E-state index in [0.29, 0.717) is 55.3 Å². The number of nitrogens with zero attached hydrogens (tertiary/aromatic N) is 1. The average molecular weight is 489 g/mol. The quantitative estimate of drug-likeness (QED) is 0.468. The molecule has 7 nitrogen and oxygen atoms in total. The average Bonchev–Trinajstić information content (AvgIpc) is 2.89. The van der Waals surface area contributed by atoms with Crippen LogP contribution < -0.4 is 19.5 Å². The zero-order valence-corrected chi connectivity index (χ0v) is 21.0. The van der Waals surface area contributed by atoms with Crippen LogP contribution in [0.25, 0.3) is 0 Å². The molecule has 0 saturated heterocycles. The molecular weight excluding hydrogens is 456 g/mol. The zero-order chi connectivity index (χ0) is 25.5. The predicted octanol–water partition coefficient (Wildman–Crippen LogP) is 3.95. The topological polar surface area (TPSA) is 77.1 Å². The highest BCUT2D eigenvalue weighted by Gasteiger charge is 2.27. The first-order chi connectivity index (χ1) is 17.5. The van der Waals surface area contributed by atoms with E-state index in [9.17, 15) is 9.59 Å². The van der Waals surface area contributed by atoms with Gasteiger partial charge >= 0.3 is 0 Å². The van der Waals surface area contributed by atoms with Crippen LogP contribution in [0.5, 0.6) is 17.2 Å². The van der Waals surface area contributed by atoms with Crippen molar-refractivity contribution in [2.24, 2.45) is 0 Å². The van der Waals surface area contributed by atoms with Crippen molar-refractivity contribution in [2.45, 2.75) is 26.3 Å². The lowest BCUT2D eigenvalue weighted by Gasteiger charge is -2.29. The van der Waals surface area contributed by atoms with Gasteiger partial charge in [-0.3, -0.25) is 9.59 Å². The van der Waals surface area contributed by atoms with Gasteiger partial charge in [0.15, 0.2) is 18.1 Å². The summed E-state index contributed by atoms with van der Waals surface area (Å²) in [7, 11) is 3.19. The van der Waals surface area contributed by atoms with Gasteiger partial charge in [0.1, 0.15) is 5.75 Å². The van der Waals surface area contributed by atoms with Gasteiger partial charge in [-0.15, -0.1) is 0 Å². The number of carbonyl (C=O) groups is 2. The standard InChI is InChI=1S/C29H32N2O5/c1-20-6-4-7-22(16-20)18-31-15-13-23-24(29(31)33)8-5-9-25(23)36-19-28(32)30-14-12-21-10-11-26(34-2)27(17-21)35-3/h4-11,16-17H,12-15,18-19H2,1-3H3,(H,30,32). The van der Waals surface area contributed by atoms with Gasteiger partial charge in [0, 0.05) is 30.8 Å². The van der Waals surface area contributed by atoms with Crippen molar-refractivity contribution in [1.29, 1.82) is 0 Å². The maximum Gasteiger partial charge on any atom is 0.257 e. The summed E-state index contributed by atoms with van der Waals surface area (Å²) in [5.41, 5.74) is 4.82. The minimum atomic E-state index is -0.212. The van der Waals surface area contributed by atoms with Crippen LogP contribution in [0.2, 0.25) is 0 Å². The molecule has 3 aromatic rings. The third-order valence-corrected chi connectivity index (χ3v) is 6.28. The fourth-order valence-corrected chi connectivity index (χ4v) is 4.44. The van der Waals surface area contributed by atoms with Crippen LogP contribution in [-0.4, -0.2) is 50.6 Å². The number of benzene rings is 3. The van der Waals surface area contributed by atoms with E-state index in [2.05, 4.69) is 11.4 Å². The van der Waals surface area contributed by atoms with E-state index in [1.54, 1.807) is 20.3 Å². The van der Waals surface area contributed by atoms with Crippen molar-refractivity contribution in [1.82, 2.24) is 10.2 Å². The molecule has 1 aliphatic heterocycles. The first-order valence-electron chi connectivity index (χ1n) is 12.1. The number of fused-ring (bicyclic) bond motifs is 1. The van der Waals surface area contributed by atoms with Crippen molar-refractivity contribution in [3.63, 3.8) is 0 Å². The van der Waals surface area contributed by atoms with E-state index in [0.717, 1.165) is 16.7 Å². The molecule has 0 saturated carbocycles. The largest absolute Gasteiger partial charge is 0.493 e. The lowest BCUT2D eigenvalue weighted by atomic mass is 9.97. The van der Waals surface area contributed by atoms with Crippen LogP contribution in [-0.2, 0) is 24.2 Å². The van der Waals surface area contributed by atoms with E-state index >= 15 is 0 Å². The molecular formula is C29H32N2O5. The van der Waals surface area contributed by atoms with E-state index in [1.165, 1.54) is 5.56 Å². The highest BCUT2D eigenvalue weighted by atomic mass is 16.5. The Balaban J connectivity index is 1.30. The van der Waals surface area contributed by atoms with E-state index in [-0.39, 0.29) is 18.4 Å². The van der Waals surface area contributed by atoms with Crippen LogP contribution in [0.15, 0.2) is 60.7 Å². The third-order valence-electron chi connectivity index (χ3n) is 6.28. The third kappa shape index (κ3) is 5.97. The first kappa shape index (κ1) is 25.1. The number of nitrogens with one attached hydrogen (secondary N) is 1. The number of rotatable bonds is 10. The smallest absolute Gasteiger partial charge is 0.257 e. The Hall–Kier alpha value is -4.00. The molecule has 1 N–H and O–H groups in total. The molecule has 1 heterocycles. The Kier molecular flexibility index (Phi) is 8.10. The summed E-state index contributed by atoms with van der Waals surface area (Å²) < 4.78 is 16.4. The molecule has 0 spiro atoms. The first-order valence-corrected chi connectivity index (χ1v) is 12.1. The number of amides is 2. The summed E-state index contributed by atoms with van der Waals surface area (Å²) in [6, 6.07) is 19.3. The molecule has 0 atom stereocenters. The van der Waals surface area contributed by atoms with E-state index in [4.69, 9.17) is 14.2 Å². The highest BCUT2D eigenvalue weighted by Crippen LogP contribution is 2.29. The van der Waals surface area contributed by atoms with Crippen molar-refractivity contribution in [3.05, 3.63) is 88.5 Å². The summed E-state index contributed by atoms with van der Waals surface area (Å²) in [4.78, 5) is 27.4. The number of hydrogen-bond acceptors (Lipinski definition) is 5. The van der Waals surface area contributed by atoms with Crippen molar-refractivity contribution in [2.75, 3.05) is 33.9 Å². The molecule has 2 amide bonds. The van der Waals surface area contributed by atoms with Crippen LogP contribution in [0.1, 0.15) is 32.6 Å². The van der Waals surface area contributed by atoms with Crippen LogP contribution in [0.3, 0.4) is 0 Å². The second-order valence-corrected chi connectivity index (χ2v) is 8.83. The molecule has 0 radical (unpaired) electrons. The van der Waals surface area contributed by atoms with Crippen LogP contribution in [0.4, 0.5) is 0 Å². The minimum Gasteiger partial charge on any atom is -0.493 e. The lowest BCUT2D eigenvalue weighted by molar-refractivity contribution is -0.123. The Morgan fingerprint density at radius 2 is 1.75 bits per heavy atom. The summed E-state index contributed by atoms with van der Waals surface area (Å²) >= 11 is 0. The minimum absolute atomic E-state index is 0.0115. The summed E-state index contributed by atoms with van der Waals surface area (Å²) in [5.74, 6) is 1.69. The molecule has 0 aliphatic carbocycles. The van der Waals surface area contributed by atoms with Gasteiger partial charge in [0.05, 0.1) is 14.2 Å². The molecule has 7 heteroatoms. The number of ether oxygens (including phenoxy) is 3. The Labute approximate surface area is 212 Å². The fraction of sp³-hybridized carbons (Fsp3) is 0.310. The Bertz CT molecular complexity index is 1240. The van der Waals surface area contributed by atoms with Gasteiger partial charge in [-0.2, -0.15) is 0 Å². The van der Waals surface area contributed by atoms with E-state index in [1.807, 2.05) is 60.4 Å². The summed E-state index contributed by atoms with van der Waals surface area (Å²) in [6.45, 7) is 3.60. The number of carbonyl (C=O) groups excluding carboxylic acids is 2. The molecule has 0 bridgehead atoms. The number of methoxy groups -OCH3 is 2. The highest BCUT2D eigenvalue weighted by molar-refractivity contribution is 5.97. The van der Waals surface area contributed by atoms with Gasteiger partial charge in [-0.05, 0) is 55.2 Å². The molecule has 36 heavy (non-hydrogen) atoms. The molecule has 188 valence electrons. The molecule has 3 aromatic carbocycles. The number of hydrogen-bond donors (Lipinski definition) is 1. The summed E-state index contributed by atoms with van der Waals surface area (Å²) in [6.07, 6.45) is 1.34. The summed E-state index contributed by atoms with van der Waals surface area (Å²) in [5, 5.41) is 2.88. The zero-order valence-electron chi connectivity index (χ0n) is 21.0. The maximum absolute atomic E-state index is 13.1. The van der Waals surface area contributed by atoms with Crippen molar-refractivity contribution in [3.8, 4) is 17.2 Å². The SMILES string of the molecule is COc1ccc(CCNC(=O)COc2cccc3c2CCN(Cc2cccc(C)c2)C3=O)cc1OC. The molecule has 0 unspecified atom stereocenters. The number of aryl methyl sites for hydroxylation is 1. The van der Waals surface area contributed by atoms with Gasteiger partial charge < -0.3 is 24.4 Å². The molecule has 0 fully saturated rings. The normalized spacial score (nSPS) is 12.6. The Morgan fingerprint density at radius 1 is 0.944 bits per heavy atom. The fourth-order valence-electron chi connectivity index (χ4n) is 4.44. The monoisotopic (exact) mass is 488 g/mol. The van der Waals surface area contributed by atoms with Gasteiger partial charge in [-0.1, -0.05) is 42.0 Å². The lowest BCUT2D eigenvalue weighted by Crippen LogP contribution is -2.37. The van der Waals surface area contributed by atoms with E-state index < -0.39 is 0 Å². The molecule has 4 rings (SSSR count). The maximum atomic E-state index is 13.1. The second kappa shape index (κ2) is 11.6. The van der Waals surface area contributed by atoms with Crippen molar-refractivity contribution >= 4 is 11.8 Å². The van der Waals surface area contributed by atoms with Gasteiger partial charge in [0.25, 0.3) is 11.8 Å². The van der Waals surface area contributed by atoms with Gasteiger partial charge in [-0.25, -0.2) is 0 Å². The Morgan fingerprint density at radius 3 is 2.53 bits per heavy atom. The molecule has 1 aliphatic rings. The second-order valence-electron chi connectivity index (χ2n) is 8.83. The van der Waals surface area contributed by atoms with Gasteiger partial charge in [0.2, 0.25) is 0 Å². The van der Waals surface area contributed by atoms with Crippen LogP contribution >= 0.6 is 0 Å². The van der Waals surface area contributed by atoms with Crippen molar-refractivity contribution < 1.29 is 23.8 Å². The van der Waals surface area contributed by atoms with Crippen LogP contribution in [0, 0.1) is 6.92 Å². The predicted molar refractivity (Wildman–Crippen MR) is 138 cm³/mol.